The van der Waals surface area contributed by atoms with Gasteiger partial charge in [0.25, 0.3) is 0 Å². The number of hydrogen-bond donors (Lipinski definition) is 0. The maximum absolute atomic E-state index is 2.38. The van der Waals surface area contributed by atoms with E-state index < -0.39 is 0 Å². The van der Waals surface area contributed by atoms with E-state index in [1.54, 1.807) is 0 Å². The summed E-state index contributed by atoms with van der Waals surface area (Å²) in [7, 11) is 0. The lowest BCUT2D eigenvalue weighted by molar-refractivity contribution is 1.02. The van der Waals surface area contributed by atoms with Gasteiger partial charge in [0.05, 0.1) is 0 Å². The number of hydrogen-bond acceptors (Lipinski definition) is 0. The van der Waals surface area contributed by atoms with Crippen LogP contribution in [0.15, 0.2) is 176 Å². The van der Waals surface area contributed by atoms with E-state index in [4.69, 9.17) is 0 Å². The molecule has 0 aliphatic heterocycles. The maximum atomic E-state index is 2.38. The minimum absolute atomic E-state index is 0.248. The van der Waals surface area contributed by atoms with E-state index in [1.165, 1.54) is 93.2 Å². The van der Waals surface area contributed by atoms with Crippen molar-refractivity contribution in [3.05, 3.63) is 193 Å². The van der Waals surface area contributed by atoms with Gasteiger partial charge in [-0.15, -0.1) is 0 Å². The Kier molecular flexibility index (Phi) is 5.74. The van der Waals surface area contributed by atoms with E-state index in [0.717, 1.165) is 0 Å². The van der Waals surface area contributed by atoms with Crippen LogP contribution in [0.2, 0.25) is 0 Å². The largest absolute Gasteiger partial charge is 0.0619 e. The summed E-state index contributed by atoms with van der Waals surface area (Å²) in [5.74, 6) is 0.248. The molecule has 0 aromatic heterocycles. The van der Waals surface area contributed by atoms with E-state index in [-0.39, 0.29) is 5.92 Å². The van der Waals surface area contributed by atoms with Gasteiger partial charge in [0, 0.05) is 5.92 Å². The van der Waals surface area contributed by atoms with Crippen molar-refractivity contribution in [1.29, 1.82) is 0 Å². The summed E-state index contributed by atoms with van der Waals surface area (Å²) >= 11 is 0. The highest BCUT2D eigenvalue weighted by molar-refractivity contribution is 6.22. The van der Waals surface area contributed by atoms with E-state index in [0.29, 0.717) is 0 Å². The van der Waals surface area contributed by atoms with Gasteiger partial charge >= 0.3 is 0 Å². The van der Waals surface area contributed by atoms with E-state index >= 15 is 0 Å². The molecular formula is C47H30. The van der Waals surface area contributed by atoms with E-state index in [2.05, 4.69) is 176 Å². The molecule has 0 saturated carbocycles. The summed E-state index contributed by atoms with van der Waals surface area (Å²) < 4.78 is 0. The molecule has 0 atom stereocenters. The Hall–Kier alpha value is -5.98. The van der Waals surface area contributed by atoms with Gasteiger partial charge in [0.2, 0.25) is 0 Å². The molecule has 9 aromatic carbocycles. The average molecular weight is 595 g/mol. The monoisotopic (exact) mass is 594 g/mol. The zero-order valence-electron chi connectivity index (χ0n) is 25.8. The first-order valence-electron chi connectivity index (χ1n) is 16.5. The molecule has 0 N–H and O–H groups in total. The van der Waals surface area contributed by atoms with Gasteiger partial charge in [0.1, 0.15) is 0 Å². The molecule has 0 unspecified atom stereocenters. The van der Waals surface area contributed by atoms with Crippen molar-refractivity contribution in [1.82, 2.24) is 0 Å². The molecule has 0 bridgehead atoms. The Balaban J connectivity index is 1.16. The molecule has 218 valence electrons. The fraction of sp³-hybridized carbons (Fsp3) is 0.0213. The third-order valence-electron chi connectivity index (χ3n) is 10.3. The van der Waals surface area contributed by atoms with Crippen LogP contribution < -0.4 is 0 Å². The molecule has 0 amide bonds. The third kappa shape index (κ3) is 3.95. The highest BCUT2D eigenvalue weighted by Crippen LogP contribution is 2.49. The smallest absolute Gasteiger partial charge is 0.0352 e. The lowest BCUT2D eigenvalue weighted by atomic mass is 9.84. The highest BCUT2D eigenvalue weighted by atomic mass is 14.3. The molecule has 10 rings (SSSR count). The first-order valence-corrected chi connectivity index (χ1v) is 16.5. The molecule has 9 aromatic rings. The van der Waals surface area contributed by atoms with Gasteiger partial charge < -0.3 is 0 Å². The topological polar surface area (TPSA) is 0 Å². The first-order chi connectivity index (χ1) is 23.3. The van der Waals surface area contributed by atoms with Crippen LogP contribution in [-0.4, -0.2) is 0 Å². The molecule has 1 aliphatic carbocycles. The van der Waals surface area contributed by atoms with Crippen LogP contribution in [0, 0.1) is 0 Å². The van der Waals surface area contributed by atoms with E-state index in [9.17, 15) is 0 Å². The van der Waals surface area contributed by atoms with Crippen LogP contribution >= 0.6 is 0 Å². The summed E-state index contributed by atoms with van der Waals surface area (Å²) in [4.78, 5) is 0. The maximum Gasteiger partial charge on any atom is 0.0352 e. The quantitative estimate of drug-likeness (QED) is 0.141. The van der Waals surface area contributed by atoms with Crippen LogP contribution in [0.25, 0.3) is 76.5 Å². The average Bonchev–Trinajstić information content (AvgIpc) is 3.48. The van der Waals surface area contributed by atoms with Crippen LogP contribution in [-0.2, 0) is 0 Å². The minimum Gasteiger partial charge on any atom is -0.0619 e. The van der Waals surface area contributed by atoms with Crippen LogP contribution in [0.5, 0.6) is 0 Å². The Morgan fingerprint density at radius 3 is 1.36 bits per heavy atom. The van der Waals surface area contributed by atoms with Gasteiger partial charge in [0.15, 0.2) is 0 Å². The normalized spacial score (nSPS) is 12.6. The fourth-order valence-corrected chi connectivity index (χ4v) is 8.28. The third-order valence-corrected chi connectivity index (χ3v) is 10.3. The van der Waals surface area contributed by atoms with Crippen LogP contribution in [0.1, 0.15) is 22.6 Å². The Bertz CT molecular complexity index is 2570. The Morgan fingerprint density at radius 2 is 0.745 bits per heavy atom. The van der Waals surface area contributed by atoms with Crippen molar-refractivity contribution in [3.8, 4) is 33.4 Å². The van der Waals surface area contributed by atoms with Crippen molar-refractivity contribution in [2.75, 3.05) is 0 Å². The molecule has 0 fully saturated rings. The van der Waals surface area contributed by atoms with Crippen LogP contribution in [0.4, 0.5) is 0 Å². The molecular weight excluding hydrogens is 565 g/mol. The Labute approximate surface area is 274 Å². The lowest BCUT2D eigenvalue weighted by Crippen LogP contribution is -1.99. The number of rotatable bonds is 3. The van der Waals surface area contributed by atoms with Crippen LogP contribution in [0.3, 0.4) is 0 Å². The van der Waals surface area contributed by atoms with Gasteiger partial charge in [-0.05, 0) is 99.2 Å². The summed E-state index contributed by atoms with van der Waals surface area (Å²) in [6.45, 7) is 0. The van der Waals surface area contributed by atoms with Crippen molar-refractivity contribution in [2.45, 2.75) is 5.92 Å². The number of benzene rings is 9. The zero-order valence-corrected chi connectivity index (χ0v) is 25.8. The molecule has 0 heterocycles. The second-order valence-electron chi connectivity index (χ2n) is 12.8. The van der Waals surface area contributed by atoms with Gasteiger partial charge in [-0.2, -0.15) is 0 Å². The van der Waals surface area contributed by atoms with Gasteiger partial charge in [-0.25, -0.2) is 0 Å². The standard InChI is InChI=1S/C47H30/c1-2-12-35-30(11-1)21-26-33-29-34(27-28-36(33)35)47-43-19-9-7-17-41(43)46(42-18-8-10-20-44(42)47)32-24-22-31(23-25-32)45-39-15-5-3-13-37(39)38-14-4-6-16-40(38)45/h1-29,45H. The molecule has 0 heteroatoms. The van der Waals surface area contributed by atoms with Crippen molar-refractivity contribution >= 4 is 43.1 Å². The SMILES string of the molecule is c1ccc2c(c1)-c1ccccc1C2c1ccc(-c2c3ccccc3c(-c3ccc4c(ccc5ccccc54)c3)c3ccccc23)cc1. The fourth-order valence-electron chi connectivity index (χ4n) is 8.28. The number of fused-ring (bicyclic) bond motifs is 8. The molecule has 47 heavy (non-hydrogen) atoms. The molecule has 1 aliphatic rings. The first kappa shape index (κ1) is 26.3. The van der Waals surface area contributed by atoms with E-state index in [1.807, 2.05) is 0 Å². The second kappa shape index (κ2) is 10.3. The molecule has 0 radical (unpaired) electrons. The van der Waals surface area contributed by atoms with Crippen molar-refractivity contribution in [3.63, 3.8) is 0 Å². The van der Waals surface area contributed by atoms with Crippen molar-refractivity contribution < 1.29 is 0 Å². The molecule has 0 spiro atoms. The minimum atomic E-state index is 0.248. The predicted molar refractivity (Wildman–Crippen MR) is 200 cm³/mol. The second-order valence-corrected chi connectivity index (χ2v) is 12.8. The highest BCUT2D eigenvalue weighted by Gasteiger charge is 2.29. The molecule has 0 saturated heterocycles. The Morgan fingerprint density at radius 1 is 0.298 bits per heavy atom. The molecule has 0 nitrogen and oxygen atoms in total. The van der Waals surface area contributed by atoms with Gasteiger partial charge in [-0.3, -0.25) is 0 Å². The lowest BCUT2D eigenvalue weighted by Gasteiger charge is -2.19. The zero-order chi connectivity index (χ0) is 30.9. The summed E-state index contributed by atoms with van der Waals surface area (Å²) in [5, 5.41) is 10.3. The summed E-state index contributed by atoms with van der Waals surface area (Å²) in [6, 6.07) is 65.2. The summed E-state index contributed by atoms with van der Waals surface area (Å²) in [6.07, 6.45) is 0. The summed E-state index contributed by atoms with van der Waals surface area (Å²) in [5.41, 5.74) is 11.9. The van der Waals surface area contributed by atoms with Gasteiger partial charge in [-0.1, -0.05) is 170 Å². The van der Waals surface area contributed by atoms with Crippen molar-refractivity contribution in [2.24, 2.45) is 0 Å². The predicted octanol–water partition coefficient (Wildman–Crippen LogP) is 12.8.